The highest BCUT2D eigenvalue weighted by molar-refractivity contribution is 7.11. The molecule has 0 aliphatic carbocycles. The highest BCUT2D eigenvalue weighted by Gasteiger charge is 2.36. The topological polar surface area (TPSA) is 54.8 Å². The first-order chi connectivity index (χ1) is 9.72. The molecule has 3 rings (SSSR count). The first-order valence-electron chi connectivity index (χ1n) is 6.84. The lowest BCUT2D eigenvalue weighted by molar-refractivity contribution is -0.138. The SMILES string of the molecule is CCOC(=O)C1=C2[C@H](C)CCN2C(c2nccs2)=NC1. The van der Waals surface area contributed by atoms with Crippen LogP contribution in [0.3, 0.4) is 0 Å². The van der Waals surface area contributed by atoms with Crippen LogP contribution in [-0.4, -0.2) is 41.4 Å². The Morgan fingerprint density at radius 1 is 1.60 bits per heavy atom. The maximum absolute atomic E-state index is 12.1. The zero-order chi connectivity index (χ0) is 14.1. The molecule has 1 fully saturated rings. The zero-order valence-electron chi connectivity index (χ0n) is 11.6. The van der Waals surface area contributed by atoms with Crippen LogP contribution >= 0.6 is 11.3 Å². The molecule has 5 nitrogen and oxygen atoms in total. The summed E-state index contributed by atoms with van der Waals surface area (Å²) < 4.78 is 5.16. The fraction of sp³-hybridized carbons (Fsp3) is 0.500. The molecule has 0 unspecified atom stereocenters. The molecule has 1 aromatic rings. The van der Waals surface area contributed by atoms with Crippen LogP contribution in [0, 0.1) is 5.92 Å². The van der Waals surface area contributed by atoms with Crippen molar-refractivity contribution < 1.29 is 9.53 Å². The first-order valence-corrected chi connectivity index (χ1v) is 7.72. The third kappa shape index (κ3) is 2.14. The molecule has 2 aliphatic rings. The van der Waals surface area contributed by atoms with E-state index < -0.39 is 0 Å². The van der Waals surface area contributed by atoms with Gasteiger partial charge in [-0.1, -0.05) is 6.92 Å². The van der Waals surface area contributed by atoms with Gasteiger partial charge in [0.2, 0.25) is 0 Å². The van der Waals surface area contributed by atoms with E-state index in [1.54, 1.807) is 17.5 Å². The zero-order valence-corrected chi connectivity index (χ0v) is 12.4. The Balaban J connectivity index is 1.96. The van der Waals surface area contributed by atoms with Crippen molar-refractivity contribution in [3.05, 3.63) is 27.9 Å². The van der Waals surface area contributed by atoms with Crippen LogP contribution in [0.2, 0.25) is 0 Å². The Morgan fingerprint density at radius 3 is 3.15 bits per heavy atom. The summed E-state index contributed by atoms with van der Waals surface area (Å²) in [5, 5.41) is 2.86. The van der Waals surface area contributed by atoms with Gasteiger partial charge in [0, 0.05) is 23.8 Å². The lowest BCUT2D eigenvalue weighted by Crippen LogP contribution is -2.34. The molecule has 2 aliphatic heterocycles. The number of allylic oxidation sites excluding steroid dienone is 1. The van der Waals surface area contributed by atoms with Gasteiger partial charge in [-0.2, -0.15) is 0 Å². The molecule has 6 heteroatoms. The van der Waals surface area contributed by atoms with Crippen LogP contribution in [0.1, 0.15) is 25.3 Å². The standard InChI is InChI=1S/C14H17N3O2S/c1-3-19-14(18)10-8-16-12(13-15-5-7-20-13)17-6-4-9(2)11(10)17/h5,7,9H,3-4,6,8H2,1-2H3/t9-/m1/s1. The third-order valence-corrected chi connectivity index (χ3v) is 4.41. The summed E-state index contributed by atoms with van der Waals surface area (Å²) in [5.74, 6) is 1.02. The summed E-state index contributed by atoms with van der Waals surface area (Å²) in [6, 6.07) is 0. The van der Waals surface area contributed by atoms with Gasteiger partial charge in [-0.25, -0.2) is 9.78 Å². The maximum Gasteiger partial charge on any atom is 0.337 e. The predicted octanol–water partition coefficient (Wildman–Crippen LogP) is 2.06. The number of aromatic nitrogens is 1. The normalized spacial score (nSPS) is 21.8. The minimum atomic E-state index is -0.233. The fourth-order valence-corrected chi connectivity index (χ4v) is 3.40. The highest BCUT2D eigenvalue weighted by atomic mass is 32.1. The minimum Gasteiger partial charge on any atom is -0.463 e. The van der Waals surface area contributed by atoms with Crippen LogP contribution in [0.5, 0.6) is 0 Å². The van der Waals surface area contributed by atoms with Crippen molar-refractivity contribution in [2.45, 2.75) is 20.3 Å². The van der Waals surface area contributed by atoms with Crippen LogP contribution < -0.4 is 0 Å². The van der Waals surface area contributed by atoms with Crippen molar-refractivity contribution in [3.8, 4) is 0 Å². The number of rotatable bonds is 3. The van der Waals surface area contributed by atoms with E-state index in [-0.39, 0.29) is 5.97 Å². The molecule has 0 bridgehead atoms. The number of aliphatic imine (C=N–C) groups is 1. The van der Waals surface area contributed by atoms with Crippen molar-refractivity contribution in [2.24, 2.45) is 10.9 Å². The smallest absolute Gasteiger partial charge is 0.337 e. The molecule has 0 spiro atoms. The molecule has 0 saturated carbocycles. The van der Waals surface area contributed by atoms with E-state index in [9.17, 15) is 4.79 Å². The Kier molecular flexibility index (Phi) is 3.56. The van der Waals surface area contributed by atoms with Crippen LogP contribution in [0.15, 0.2) is 27.8 Å². The number of hydrogen-bond acceptors (Lipinski definition) is 6. The average molecular weight is 291 g/mol. The van der Waals surface area contributed by atoms with Gasteiger partial charge in [0.15, 0.2) is 10.8 Å². The molecule has 106 valence electrons. The number of hydrogen-bond donors (Lipinski definition) is 0. The monoisotopic (exact) mass is 291 g/mol. The Bertz CT molecular complexity index is 577. The number of esters is 1. The van der Waals surface area contributed by atoms with Gasteiger partial charge in [-0.15, -0.1) is 11.3 Å². The van der Waals surface area contributed by atoms with Crippen molar-refractivity contribution >= 4 is 23.1 Å². The summed E-state index contributed by atoms with van der Waals surface area (Å²) in [6.45, 7) is 5.65. The Labute approximate surface area is 122 Å². The molecular weight excluding hydrogens is 274 g/mol. The van der Waals surface area contributed by atoms with Gasteiger partial charge >= 0.3 is 5.97 Å². The minimum absolute atomic E-state index is 0.233. The van der Waals surface area contributed by atoms with Crippen molar-refractivity contribution in [1.29, 1.82) is 0 Å². The fourth-order valence-electron chi connectivity index (χ4n) is 2.75. The van der Waals surface area contributed by atoms with E-state index in [4.69, 9.17) is 4.74 Å². The molecule has 1 saturated heterocycles. The first kappa shape index (κ1) is 13.3. The number of carbonyl (C=O) groups excluding carboxylic acids is 1. The quantitative estimate of drug-likeness (QED) is 0.800. The van der Waals surface area contributed by atoms with Crippen LogP contribution in [0.4, 0.5) is 0 Å². The van der Waals surface area contributed by atoms with Crippen LogP contribution in [-0.2, 0) is 9.53 Å². The van der Waals surface area contributed by atoms with Gasteiger partial charge < -0.3 is 9.64 Å². The second-order valence-electron chi connectivity index (χ2n) is 4.90. The molecule has 1 atom stereocenters. The molecule has 1 aromatic heterocycles. The number of ether oxygens (including phenoxy) is 1. The van der Waals surface area contributed by atoms with E-state index in [1.165, 1.54) is 0 Å². The van der Waals surface area contributed by atoms with Gasteiger partial charge in [0.25, 0.3) is 0 Å². The van der Waals surface area contributed by atoms with Crippen LogP contribution in [0.25, 0.3) is 0 Å². The number of thiazole rings is 1. The molecule has 0 N–H and O–H groups in total. The molecular formula is C14H17N3O2S. The van der Waals surface area contributed by atoms with E-state index in [1.807, 2.05) is 12.3 Å². The summed E-state index contributed by atoms with van der Waals surface area (Å²) in [6.07, 6.45) is 2.81. The summed E-state index contributed by atoms with van der Waals surface area (Å²) in [7, 11) is 0. The van der Waals surface area contributed by atoms with E-state index >= 15 is 0 Å². The molecule has 0 amide bonds. The predicted molar refractivity (Wildman–Crippen MR) is 77.7 cm³/mol. The number of fused-ring (bicyclic) bond motifs is 1. The molecule has 0 aromatic carbocycles. The average Bonchev–Trinajstić information content (AvgIpc) is 3.09. The Hall–Kier alpha value is -1.69. The van der Waals surface area contributed by atoms with E-state index in [0.717, 1.165) is 29.5 Å². The number of nitrogens with zero attached hydrogens (tertiary/aromatic N) is 3. The van der Waals surface area contributed by atoms with Gasteiger partial charge in [-0.3, -0.25) is 4.99 Å². The van der Waals surface area contributed by atoms with Crippen molar-refractivity contribution in [2.75, 3.05) is 19.7 Å². The lowest BCUT2D eigenvalue weighted by atomic mass is 10.0. The second kappa shape index (κ2) is 5.36. The van der Waals surface area contributed by atoms with E-state index in [2.05, 4.69) is 21.8 Å². The van der Waals surface area contributed by atoms with E-state index in [0.29, 0.717) is 24.6 Å². The largest absolute Gasteiger partial charge is 0.463 e. The van der Waals surface area contributed by atoms with Gasteiger partial charge in [0.05, 0.1) is 18.7 Å². The molecule has 0 radical (unpaired) electrons. The second-order valence-corrected chi connectivity index (χ2v) is 5.80. The number of carbonyl (C=O) groups is 1. The molecule has 3 heterocycles. The van der Waals surface area contributed by atoms with Gasteiger partial charge in [0.1, 0.15) is 0 Å². The highest BCUT2D eigenvalue weighted by Crippen LogP contribution is 2.35. The summed E-state index contributed by atoms with van der Waals surface area (Å²) >= 11 is 1.58. The summed E-state index contributed by atoms with van der Waals surface area (Å²) in [4.78, 5) is 23.1. The lowest BCUT2D eigenvalue weighted by Gasteiger charge is -2.28. The Morgan fingerprint density at radius 2 is 2.45 bits per heavy atom. The maximum atomic E-state index is 12.1. The van der Waals surface area contributed by atoms with Gasteiger partial charge in [-0.05, 0) is 19.3 Å². The van der Waals surface area contributed by atoms with Crippen molar-refractivity contribution in [1.82, 2.24) is 9.88 Å². The van der Waals surface area contributed by atoms with Crippen molar-refractivity contribution in [3.63, 3.8) is 0 Å². The number of amidine groups is 1. The third-order valence-electron chi connectivity index (χ3n) is 3.64. The molecule has 20 heavy (non-hydrogen) atoms. The summed E-state index contributed by atoms with van der Waals surface area (Å²) in [5.41, 5.74) is 1.78.